The van der Waals surface area contributed by atoms with Crippen molar-refractivity contribution in [2.45, 2.75) is 18.6 Å². The van der Waals surface area contributed by atoms with Crippen LogP contribution in [0.25, 0.3) is 10.9 Å². The third kappa shape index (κ3) is 3.62. The SMILES string of the molecule is O=C(O)C(Cc1c[nH]c2ccc([N+](=O)[O-])cc12)NC(=O)C(F)(F)F. The lowest BCUT2D eigenvalue weighted by atomic mass is 10.0. The molecule has 1 unspecified atom stereocenters. The van der Waals surface area contributed by atoms with Crippen LogP contribution in [-0.2, 0) is 16.0 Å². The number of aliphatic carboxylic acids is 1. The van der Waals surface area contributed by atoms with E-state index in [0.29, 0.717) is 5.52 Å². The van der Waals surface area contributed by atoms with Gasteiger partial charge in [-0.1, -0.05) is 0 Å². The fourth-order valence-corrected chi connectivity index (χ4v) is 2.11. The van der Waals surface area contributed by atoms with Gasteiger partial charge in [0.05, 0.1) is 4.92 Å². The first kappa shape index (κ1) is 17.2. The minimum atomic E-state index is -5.22. The number of carbonyl (C=O) groups is 2. The summed E-state index contributed by atoms with van der Waals surface area (Å²) in [5.74, 6) is -4.03. The maximum atomic E-state index is 12.3. The van der Waals surface area contributed by atoms with Gasteiger partial charge in [-0.3, -0.25) is 14.9 Å². The molecule has 0 bridgehead atoms. The number of carboxylic acid groups (broad SMARTS) is 1. The van der Waals surface area contributed by atoms with Crippen molar-refractivity contribution < 1.29 is 32.8 Å². The van der Waals surface area contributed by atoms with Gasteiger partial charge in [-0.15, -0.1) is 0 Å². The quantitative estimate of drug-likeness (QED) is 0.562. The Kier molecular flexibility index (Phi) is 4.44. The Balaban J connectivity index is 2.31. The molecular weight excluding hydrogens is 335 g/mol. The summed E-state index contributed by atoms with van der Waals surface area (Å²) in [6, 6.07) is 1.95. The molecule has 0 aliphatic heterocycles. The Labute approximate surface area is 131 Å². The Bertz CT molecular complexity index is 815. The van der Waals surface area contributed by atoms with Crippen LogP contribution in [0.5, 0.6) is 0 Å². The molecule has 11 heteroatoms. The van der Waals surface area contributed by atoms with E-state index in [1.165, 1.54) is 29.7 Å². The van der Waals surface area contributed by atoms with Crippen molar-refractivity contribution in [1.82, 2.24) is 10.3 Å². The van der Waals surface area contributed by atoms with Gasteiger partial charge in [-0.2, -0.15) is 13.2 Å². The van der Waals surface area contributed by atoms with Crippen LogP contribution in [0.1, 0.15) is 5.56 Å². The van der Waals surface area contributed by atoms with E-state index in [0.717, 1.165) is 0 Å². The van der Waals surface area contributed by atoms with Crippen molar-refractivity contribution >= 4 is 28.5 Å². The lowest BCUT2D eigenvalue weighted by Crippen LogP contribution is -2.47. The maximum Gasteiger partial charge on any atom is 0.471 e. The van der Waals surface area contributed by atoms with Gasteiger partial charge in [0.15, 0.2) is 0 Å². The zero-order chi connectivity index (χ0) is 18.1. The van der Waals surface area contributed by atoms with Gasteiger partial charge in [-0.25, -0.2) is 4.79 Å². The first-order valence-electron chi connectivity index (χ1n) is 6.44. The number of carboxylic acids is 1. The van der Waals surface area contributed by atoms with Gasteiger partial charge in [0, 0.05) is 35.7 Å². The third-order valence-corrected chi connectivity index (χ3v) is 3.25. The number of hydrogen-bond acceptors (Lipinski definition) is 4. The minimum absolute atomic E-state index is 0.226. The molecule has 1 aromatic heterocycles. The second-order valence-corrected chi connectivity index (χ2v) is 4.87. The van der Waals surface area contributed by atoms with Crippen molar-refractivity contribution in [2.75, 3.05) is 0 Å². The Morgan fingerprint density at radius 3 is 2.58 bits per heavy atom. The number of halogens is 3. The number of amides is 1. The number of nitrogens with one attached hydrogen (secondary N) is 2. The third-order valence-electron chi connectivity index (χ3n) is 3.25. The van der Waals surface area contributed by atoms with Gasteiger partial charge in [0.2, 0.25) is 0 Å². The number of hydrogen-bond donors (Lipinski definition) is 3. The maximum absolute atomic E-state index is 12.3. The van der Waals surface area contributed by atoms with Crippen LogP contribution >= 0.6 is 0 Å². The number of rotatable bonds is 5. The van der Waals surface area contributed by atoms with E-state index in [4.69, 9.17) is 5.11 Å². The minimum Gasteiger partial charge on any atom is -0.480 e. The molecule has 0 aliphatic carbocycles. The summed E-state index contributed by atoms with van der Waals surface area (Å²) >= 11 is 0. The number of nitro benzene ring substituents is 1. The molecule has 0 saturated heterocycles. The Hall–Kier alpha value is -3.11. The van der Waals surface area contributed by atoms with E-state index in [2.05, 4.69) is 4.98 Å². The molecule has 2 aromatic rings. The van der Waals surface area contributed by atoms with Crippen LogP contribution in [0, 0.1) is 10.1 Å². The number of nitro groups is 1. The fraction of sp³-hybridized carbons (Fsp3) is 0.231. The molecule has 0 fully saturated rings. The zero-order valence-corrected chi connectivity index (χ0v) is 11.8. The van der Waals surface area contributed by atoms with Crippen LogP contribution in [-0.4, -0.2) is 39.1 Å². The van der Waals surface area contributed by atoms with Crippen LogP contribution in [0.3, 0.4) is 0 Å². The van der Waals surface area contributed by atoms with Crippen LogP contribution in [0.15, 0.2) is 24.4 Å². The van der Waals surface area contributed by atoms with Gasteiger partial charge in [0.25, 0.3) is 5.69 Å². The van der Waals surface area contributed by atoms with Crippen molar-refractivity contribution in [3.8, 4) is 0 Å². The van der Waals surface area contributed by atoms with E-state index >= 15 is 0 Å². The number of nitrogens with zero attached hydrogens (tertiary/aromatic N) is 1. The Morgan fingerprint density at radius 2 is 2.04 bits per heavy atom. The van der Waals surface area contributed by atoms with Crippen molar-refractivity contribution in [1.29, 1.82) is 0 Å². The number of carbonyl (C=O) groups excluding carboxylic acids is 1. The molecule has 1 aromatic carbocycles. The first-order chi connectivity index (χ1) is 11.1. The molecule has 1 amide bonds. The number of H-pyrrole nitrogens is 1. The van der Waals surface area contributed by atoms with Crippen molar-refractivity contribution in [2.24, 2.45) is 0 Å². The number of aromatic amines is 1. The number of fused-ring (bicyclic) bond motifs is 1. The predicted octanol–water partition coefficient (Wildman–Crippen LogP) is 1.75. The highest BCUT2D eigenvalue weighted by Gasteiger charge is 2.41. The summed E-state index contributed by atoms with van der Waals surface area (Å²) in [5, 5.41) is 21.5. The zero-order valence-electron chi connectivity index (χ0n) is 11.8. The average molecular weight is 345 g/mol. The normalized spacial score (nSPS) is 12.8. The van der Waals surface area contributed by atoms with Crippen LogP contribution in [0.2, 0.25) is 0 Å². The second-order valence-electron chi connectivity index (χ2n) is 4.87. The molecule has 8 nitrogen and oxygen atoms in total. The van der Waals surface area contributed by atoms with E-state index in [1.54, 1.807) is 0 Å². The molecule has 1 atom stereocenters. The fourth-order valence-electron chi connectivity index (χ4n) is 2.11. The molecule has 0 aliphatic rings. The van der Waals surface area contributed by atoms with Gasteiger partial charge >= 0.3 is 18.1 Å². The molecular formula is C13H10F3N3O5. The topological polar surface area (TPSA) is 125 Å². The lowest BCUT2D eigenvalue weighted by Gasteiger charge is -2.15. The summed E-state index contributed by atoms with van der Waals surface area (Å²) in [6.07, 6.45) is -4.37. The van der Waals surface area contributed by atoms with E-state index in [9.17, 15) is 32.9 Å². The highest BCUT2D eigenvalue weighted by molar-refractivity contribution is 5.89. The number of alkyl halides is 3. The Morgan fingerprint density at radius 1 is 1.38 bits per heavy atom. The summed E-state index contributed by atoms with van der Waals surface area (Å²) in [4.78, 5) is 34.9. The van der Waals surface area contributed by atoms with E-state index in [-0.39, 0.29) is 16.6 Å². The average Bonchev–Trinajstić information content (AvgIpc) is 2.87. The molecule has 0 spiro atoms. The molecule has 0 saturated carbocycles. The summed E-state index contributed by atoms with van der Waals surface area (Å²) < 4.78 is 36.8. The number of non-ortho nitro benzene ring substituents is 1. The molecule has 128 valence electrons. The molecule has 3 N–H and O–H groups in total. The van der Waals surface area contributed by atoms with Crippen molar-refractivity contribution in [3.05, 3.63) is 40.1 Å². The molecule has 24 heavy (non-hydrogen) atoms. The summed E-state index contributed by atoms with van der Waals surface area (Å²) in [6.45, 7) is 0. The summed E-state index contributed by atoms with van der Waals surface area (Å²) in [5.41, 5.74) is 0.417. The van der Waals surface area contributed by atoms with Crippen LogP contribution in [0.4, 0.5) is 18.9 Å². The monoisotopic (exact) mass is 345 g/mol. The van der Waals surface area contributed by atoms with Crippen LogP contribution < -0.4 is 5.32 Å². The lowest BCUT2D eigenvalue weighted by molar-refractivity contribution is -0.384. The van der Waals surface area contributed by atoms with Gasteiger partial charge in [-0.05, 0) is 11.6 Å². The number of aromatic nitrogens is 1. The largest absolute Gasteiger partial charge is 0.480 e. The van der Waals surface area contributed by atoms with Gasteiger partial charge in [0.1, 0.15) is 6.04 Å². The predicted molar refractivity (Wildman–Crippen MR) is 74.3 cm³/mol. The smallest absolute Gasteiger partial charge is 0.471 e. The van der Waals surface area contributed by atoms with Crippen molar-refractivity contribution in [3.63, 3.8) is 0 Å². The summed E-state index contributed by atoms with van der Waals surface area (Å²) in [7, 11) is 0. The molecule has 1 heterocycles. The number of benzene rings is 1. The van der Waals surface area contributed by atoms with Gasteiger partial charge < -0.3 is 15.4 Å². The molecule has 0 radical (unpaired) electrons. The van der Waals surface area contributed by atoms with E-state index in [1.807, 2.05) is 0 Å². The first-order valence-corrected chi connectivity index (χ1v) is 6.44. The highest BCUT2D eigenvalue weighted by atomic mass is 19.4. The standard InChI is InChI=1S/C13H10F3N3O5/c14-13(15,16)12(22)18-10(11(20)21)3-6-5-17-9-2-1-7(19(23)24)4-8(6)9/h1-2,4-5,10,17H,3H2,(H,18,22)(H,20,21). The second kappa shape index (κ2) is 6.18. The van der Waals surface area contributed by atoms with E-state index < -0.39 is 35.4 Å². The highest BCUT2D eigenvalue weighted by Crippen LogP contribution is 2.25. The molecule has 2 rings (SSSR count).